The molecule has 10 nitrogen and oxygen atoms in total. The van der Waals surface area contributed by atoms with Gasteiger partial charge in [-0.25, -0.2) is 9.78 Å². The Morgan fingerprint density at radius 3 is 2.50 bits per heavy atom. The van der Waals surface area contributed by atoms with Crippen molar-refractivity contribution in [3.05, 3.63) is 47.7 Å². The molecule has 0 saturated heterocycles. The zero-order valence-electron chi connectivity index (χ0n) is 18.0. The summed E-state index contributed by atoms with van der Waals surface area (Å²) in [5.41, 5.74) is 7.07. The number of nitrogens with two attached hydrogens (primary N) is 1. The zero-order chi connectivity index (χ0) is 23.7. The molecule has 32 heavy (non-hydrogen) atoms. The Bertz CT molecular complexity index is 1020. The monoisotopic (exact) mass is 440 g/mol. The molecule has 0 aliphatic heterocycles. The molecule has 0 spiro atoms. The predicted octanol–water partition coefficient (Wildman–Crippen LogP) is 1.61. The number of carbonyl (C=O) groups excluding carboxylic acids is 3. The summed E-state index contributed by atoms with van der Waals surface area (Å²) in [5, 5.41) is 9.25. The SMILES string of the molecule is COC(=O)COc1ccc(CC(C)N(C(=O)COC(C)=O)c2cnc(N)c(C#N)c2)cc1. The fourth-order valence-electron chi connectivity index (χ4n) is 2.92. The number of rotatable bonds is 9. The van der Waals surface area contributed by atoms with Gasteiger partial charge in [0.25, 0.3) is 5.91 Å². The van der Waals surface area contributed by atoms with Crippen LogP contribution in [-0.4, -0.2) is 49.2 Å². The molecule has 168 valence electrons. The van der Waals surface area contributed by atoms with E-state index >= 15 is 0 Å². The summed E-state index contributed by atoms with van der Waals surface area (Å²) in [7, 11) is 1.28. The minimum Gasteiger partial charge on any atom is -0.482 e. The molecular weight excluding hydrogens is 416 g/mol. The van der Waals surface area contributed by atoms with Crippen LogP contribution in [0, 0.1) is 11.3 Å². The van der Waals surface area contributed by atoms with Gasteiger partial charge in [0.1, 0.15) is 17.6 Å². The van der Waals surface area contributed by atoms with Gasteiger partial charge in [0.05, 0.1) is 24.6 Å². The Morgan fingerprint density at radius 1 is 1.22 bits per heavy atom. The van der Waals surface area contributed by atoms with E-state index in [1.165, 1.54) is 31.2 Å². The summed E-state index contributed by atoms with van der Waals surface area (Å²) in [5.74, 6) is -0.990. The van der Waals surface area contributed by atoms with Crippen LogP contribution in [-0.2, 0) is 30.3 Å². The first-order valence-corrected chi connectivity index (χ1v) is 9.64. The fourth-order valence-corrected chi connectivity index (χ4v) is 2.92. The number of anilines is 2. The standard InChI is InChI=1S/C22H24N4O6/c1-14(8-16-4-6-19(7-5-16)32-13-21(29)30-3)26(20(28)12-31-15(2)27)18-9-17(10-23)22(24)25-11-18/h4-7,9,11,14H,8,12-13H2,1-3H3,(H2,24,25). The number of amides is 1. The van der Waals surface area contributed by atoms with E-state index in [1.807, 2.05) is 13.0 Å². The molecule has 0 saturated carbocycles. The Hall–Kier alpha value is -4.13. The summed E-state index contributed by atoms with van der Waals surface area (Å²) >= 11 is 0. The topological polar surface area (TPSA) is 145 Å². The lowest BCUT2D eigenvalue weighted by atomic mass is 10.0. The maximum absolute atomic E-state index is 12.8. The number of ether oxygens (including phenoxy) is 3. The van der Waals surface area contributed by atoms with E-state index < -0.39 is 24.5 Å². The van der Waals surface area contributed by atoms with Crippen molar-refractivity contribution >= 4 is 29.4 Å². The number of esters is 2. The van der Waals surface area contributed by atoms with Gasteiger partial charge in [-0.2, -0.15) is 5.26 Å². The van der Waals surface area contributed by atoms with E-state index in [1.54, 1.807) is 24.3 Å². The minimum atomic E-state index is -0.582. The van der Waals surface area contributed by atoms with Gasteiger partial charge in [0.2, 0.25) is 0 Å². The highest BCUT2D eigenvalue weighted by Gasteiger charge is 2.24. The van der Waals surface area contributed by atoms with Crippen molar-refractivity contribution in [1.82, 2.24) is 4.98 Å². The number of pyridine rings is 1. The number of hydrogen-bond acceptors (Lipinski definition) is 9. The predicted molar refractivity (Wildman–Crippen MR) is 115 cm³/mol. The van der Waals surface area contributed by atoms with Crippen LogP contribution in [0.1, 0.15) is 25.0 Å². The molecule has 0 aliphatic rings. The third-order valence-electron chi connectivity index (χ3n) is 4.45. The smallest absolute Gasteiger partial charge is 0.343 e. The van der Waals surface area contributed by atoms with Crippen LogP contribution in [0.3, 0.4) is 0 Å². The van der Waals surface area contributed by atoms with Gasteiger partial charge in [-0.15, -0.1) is 0 Å². The first kappa shape index (κ1) is 24.1. The molecule has 0 aliphatic carbocycles. The Labute approximate surface area is 185 Å². The van der Waals surface area contributed by atoms with Crippen LogP contribution >= 0.6 is 0 Å². The van der Waals surface area contributed by atoms with Gasteiger partial charge in [-0.05, 0) is 37.1 Å². The van der Waals surface area contributed by atoms with E-state index in [2.05, 4.69) is 9.72 Å². The fraction of sp³-hybridized carbons (Fsp3) is 0.318. The van der Waals surface area contributed by atoms with Gasteiger partial charge in [-0.3, -0.25) is 9.59 Å². The molecule has 1 aromatic heterocycles. The number of nitriles is 1. The second kappa shape index (κ2) is 11.3. The third-order valence-corrected chi connectivity index (χ3v) is 4.45. The first-order valence-electron chi connectivity index (χ1n) is 9.64. The minimum absolute atomic E-state index is 0.0545. The number of benzene rings is 1. The number of hydrogen-bond donors (Lipinski definition) is 1. The second-order valence-electron chi connectivity index (χ2n) is 6.84. The molecule has 10 heteroatoms. The molecule has 2 aromatic rings. The van der Waals surface area contributed by atoms with Crippen molar-refractivity contribution < 1.29 is 28.6 Å². The first-order chi connectivity index (χ1) is 15.2. The quantitative estimate of drug-likeness (QED) is 0.575. The lowest BCUT2D eigenvalue weighted by Gasteiger charge is -2.29. The Morgan fingerprint density at radius 2 is 1.91 bits per heavy atom. The highest BCUT2D eigenvalue weighted by Crippen LogP contribution is 2.23. The Kier molecular flexibility index (Phi) is 8.53. The van der Waals surface area contributed by atoms with Crippen molar-refractivity contribution in [2.75, 3.05) is 31.0 Å². The molecular formula is C22H24N4O6. The van der Waals surface area contributed by atoms with Crippen LogP contribution in [0.25, 0.3) is 0 Å². The molecule has 1 heterocycles. The van der Waals surface area contributed by atoms with Crippen LogP contribution in [0.4, 0.5) is 11.5 Å². The van der Waals surface area contributed by atoms with Crippen LogP contribution < -0.4 is 15.4 Å². The molecule has 0 fully saturated rings. The van der Waals surface area contributed by atoms with E-state index in [0.717, 1.165) is 5.56 Å². The van der Waals surface area contributed by atoms with Crippen molar-refractivity contribution in [3.8, 4) is 11.8 Å². The second-order valence-corrected chi connectivity index (χ2v) is 6.84. The summed E-state index contributed by atoms with van der Waals surface area (Å²) < 4.78 is 14.7. The third kappa shape index (κ3) is 6.70. The summed E-state index contributed by atoms with van der Waals surface area (Å²) in [4.78, 5) is 40.6. The molecule has 0 bridgehead atoms. The van der Waals surface area contributed by atoms with E-state index in [0.29, 0.717) is 17.9 Å². The number of nitrogens with zero attached hydrogens (tertiary/aromatic N) is 3. The maximum Gasteiger partial charge on any atom is 0.343 e. The number of nitrogen functional groups attached to an aromatic ring is 1. The van der Waals surface area contributed by atoms with Gasteiger partial charge in [0.15, 0.2) is 13.2 Å². The van der Waals surface area contributed by atoms with Crippen LogP contribution in [0.2, 0.25) is 0 Å². The molecule has 2 rings (SSSR count). The maximum atomic E-state index is 12.8. The molecule has 1 aromatic carbocycles. The molecule has 2 N–H and O–H groups in total. The normalized spacial score (nSPS) is 11.1. The van der Waals surface area contributed by atoms with Crippen molar-refractivity contribution in [1.29, 1.82) is 5.26 Å². The van der Waals surface area contributed by atoms with Crippen LogP contribution in [0.15, 0.2) is 36.5 Å². The van der Waals surface area contributed by atoms with Crippen LogP contribution in [0.5, 0.6) is 5.75 Å². The highest BCUT2D eigenvalue weighted by atomic mass is 16.6. The van der Waals surface area contributed by atoms with Gasteiger partial charge < -0.3 is 24.8 Å². The summed E-state index contributed by atoms with van der Waals surface area (Å²) in [6.07, 6.45) is 1.83. The van der Waals surface area contributed by atoms with Crippen molar-refractivity contribution in [2.45, 2.75) is 26.3 Å². The molecule has 1 atom stereocenters. The molecule has 0 radical (unpaired) electrons. The largest absolute Gasteiger partial charge is 0.482 e. The number of aromatic nitrogens is 1. The van der Waals surface area contributed by atoms with Gasteiger partial charge >= 0.3 is 11.9 Å². The lowest BCUT2D eigenvalue weighted by Crippen LogP contribution is -2.42. The average Bonchev–Trinajstić information content (AvgIpc) is 2.78. The summed E-state index contributed by atoms with van der Waals surface area (Å²) in [6, 6.07) is 10.0. The number of carbonyl (C=O) groups is 3. The van der Waals surface area contributed by atoms with E-state index in [4.69, 9.17) is 15.2 Å². The average molecular weight is 440 g/mol. The Balaban J connectivity index is 2.21. The molecule has 1 amide bonds. The lowest BCUT2D eigenvalue weighted by molar-refractivity contribution is -0.145. The zero-order valence-corrected chi connectivity index (χ0v) is 18.0. The van der Waals surface area contributed by atoms with Crippen molar-refractivity contribution in [3.63, 3.8) is 0 Å². The van der Waals surface area contributed by atoms with Gasteiger partial charge in [-0.1, -0.05) is 12.1 Å². The van der Waals surface area contributed by atoms with E-state index in [-0.39, 0.29) is 24.0 Å². The highest BCUT2D eigenvalue weighted by molar-refractivity contribution is 5.95. The number of methoxy groups -OCH3 is 1. The van der Waals surface area contributed by atoms with Gasteiger partial charge in [0, 0.05) is 13.0 Å². The van der Waals surface area contributed by atoms with Crippen molar-refractivity contribution in [2.24, 2.45) is 0 Å². The summed E-state index contributed by atoms with van der Waals surface area (Å²) in [6.45, 7) is 2.38. The van der Waals surface area contributed by atoms with E-state index in [9.17, 15) is 19.6 Å². The molecule has 1 unspecified atom stereocenters.